The number of nitrogens with zero attached hydrogens (tertiary/aromatic N) is 1. The normalized spacial score (nSPS) is 14.8. The van der Waals surface area contributed by atoms with Crippen molar-refractivity contribution in [3.8, 4) is 5.75 Å². The lowest BCUT2D eigenvalue weighted by molar-refractivity contribution is 0.415. The fourth-order valence-electron chi connectivity index (χ4n) is 2.18. The standard InChI is InChI=1S/C17H17NO/c1-19-15-10-6-13(7-11-15)12-18-17-5-3-2-4-16(17)14-8-9-14/h2-7,10-12,14H,8-9H2,1H3. The minimum Gasteiger partial charge on any atom is -0.497 e. The molecule has 19 heavy (non-hydrogen) atoms. The summed E-state index contributed by atoms with van der Waals surface area (Å²) in [5, 5.41) is 0. The van der Waals surface area contributed by atoms with E-state index >= 15 is 0 Å². The zero-order valence-electron chi connectivity index (χ0n) is 11.0. The summed E-state index contributed by atoms with van der Waals surface area (Å²) in [6, 6.07) is 16.4. The molecule has 0 aromatic heterocycles. The van der Waals surface area contributed by atoms with Crippen LogP contribution in [0.3, 0.4) is 0 Å². The van der Waals surface area contributed by atoms with E-state index in [0.29, 0.717) is 0 Å². The van der Waals surface area contributed by atoms with Crippen molar-refractivity contribution in [2.75, 3.05) is 7.11 Å². The highest BCUT2D eigenvalue weighted by Crippen LogP contribution is 2.44. The van der Waals surface area contributed by atoms with Gasteiger partial charge in [-0.1, -0.05) is 18.2 Å². The van der Waals surface area contributed by atoms with Crippen LogP contribution in [0.15, 0.2) is 53.5 Å². The SMILES string of the molecule is COc1ccc(C=Nc2ccccc2C2CC2)cc1. The molecule has 0 unspecified atom stereocenters. The number of para-hydroxylation sites is 1. The topological polar surface area (TPSA) is 21.6 Å². The van der Waals surface area contributed by atoms with Crippen molar-refractivity contribution in [2.24, 2.45) is 4.99 Å². The van der Waals surface area contributed by atoms with Gasteiger partial charge in [-0.3, -0.25) is 4.99 Å². The van der Waals surface area contributed by atoms with Crippen LogP contribution in [0.5, 0.6) is 5.75 Å². The van der Waals surface area contributed by atoms with Crippen molar-refractivity contribution < 1.29 is 4.74 Å². The summed E-state index contributed by atoms with van der Waals surface area (Å²) in [5.74, 6) is 1.60. The average Bonchev–Trinajstić information content (AvgIpc) is 3.30. The number of hydrogen-bond acceptors (Lipinski definition) is 2. The molecule has 0 spiro atoms. The van der Waals surface area contributed by atoms with Crippen molar-refractivity contribution in [2.45, 2.75) is 18.8 Å². The Bertz CT molecular complexity index is 582. The predicted octanol–water partition coefficient (Wildman–Crippen LogP) is 4.32. The monoisotopic (exact) mass is 251 g/mol. The summed E-state index contributed by atoms with van der Waals surface area (Å²) in [6.07, 6.45) is 4.52. The third-order valence-electron chi connectivity index (χ3n) is 3.42. The number of methoxy groups -OCH3 is 1. The van der Waals surface area contributed by atoms with Crippen LogP contribution in [0.2, 0.25) is 0 Å². The van der Waals surface area contributed by atoms with E-state index in [-0.39, 0.29) is 0 Å². The second-order valence-corrected chi connectivity index (χ2v) is 4.86. The van der Waals surface area contributed by atoms with E-state index in [1.807, 2.05) is 36.5 Å². The maximum Gasteiger partial charge on any atom is 0.118 e. The number of rotatable bonds is 4. The zero-order valence-corrected chi connectivity index (χ0v) is 11.0. The largest absolute Gasteiger partial charge is 0.497 e. The lowest BCUT2D eigenvalue weighted by Gasteiger charge is -2.03. The molecular weight excluding hydrogens is 234 g/mol. The highest BCUT2D eigenvalue weighted by molar-refractivity contribution is 5.82. The average molecular weight is 251 g/mol. The predicted molar refractivity (Wildman–Crippen MR) is 78.7 cm³/mol. The maximum atomic E-state index is 5.15. The van der Waals surface area contributed by atoms with E-state index in [1.165, 1.54) is 18.4 Å². The Kier molecular flexibility index (Phi) is 3.32. The van der Waals surface area contributed by atoms with Gasteiger partial charge in [-0.15, -0.1) is 0 Å². The summed E-state index contributed by atoms with van der Waals surface area (Å²) in [6.45, 7) is 0. The fraction of sp³-hybridized carbons (Fsp3) is 0.235. The van der Waals surface area contributed by atoms with Crippen LogP contribution in [-0.4, -0.2) is 13.3 Å². The van der Waals surface area contributed by atoms with Crippen LogP contribution in [0, 0.1) is 0 Å². The van der Waals surface area contributed by atoms with Gasteiger partial charge in [-0.25, -0.2) is 0 Å². The van der Waals surface area contributed by atoms with Gasteiger partial charge >= 0.3 is 0 Å². The Balaban J connectivity index is 1.81. The Labute approximate surface area is 113 Å². The number of hydrogen-bond donors (Lipinski definition) is 0. The fourth-order valence-corrected chi connectivity index (χ4v) is 2.18. The molecule has 0 atom stereocenters. The molecule has 1 aliphatic rings. The quantitative estimate of drug-likeness (QED) is 0.741. The van der Waals surface area contributed by atoms with Crippen LogP contribution < -0.4 is 4.74 Å². The summed E-state index contributed by atoms with van der Waals surface area (Å²) < 4.78 is 5.15. The highest BCUT2D eigenvalue weighted by atomic mass is 16.5. The van der Waals surface area contributed by atoms with E-state index < -0.39 is 0 Å². The van der Waals surface area contributed by atoms with E-state index in [1.54, 1.807) is 7.11 Å². The van der Waals surface area contributed by atoms with Crippen molar-refractivity contribution in [3.63, 3.8) is 0 Å². The van der Waals surface area contributed by atoms with E-state index in [2.05, 4.69) is 23.2 Å². The minimum atomic E-state index is 0.726. The first-order chi connectivity index (χ1) is 9.36. The molecule has 0 aliphatic heterocycles. The lowest BCUT2D eigenvalue weighted by Crippen LogP contribution is -1.85. The smallest absolute Gasteiger partial charge is 0.118 e. The number of benzene rings is 2. The molecule has 0 amide bonds. The minimum absolute atomic E-state index is 0.726. The van der Waals surface area contributed by atoms with Gasteiger partial charge in [0.2, 0.25) is 0 Å². The summed E-state index contributed by atoms with van der Waals surface area (Å²) >= 11 is 0. The Hall–Kier alpha value is -2.09. The molecule has 0 N–H and O–H groups in total. The van der Waals surface area contributed by atoms with Crippen LogP contribution in [0.25, 0.3) is 0 Å². The van der Waals surface area contributed by atoms with Gasteiger partial charge in [0.25, 0.3) is 0 Å². The van der Waals surface area contributed by atoms with Crippen molar-refractivity contribution >= 4 is 11.9 Å². The van der Waals surface area contributed by atoms with Gasteiger partial charge in [-0.05, 0) is 60.2 Å². The Morgan fingerprint density at radius 3 is 2.47 bits per heavy atom. The van der Waals surface area contributed by atoms with Crippen LogP contribution in [-0.2, 0) is 0 Å². The molecule has 2 heteroatoms. The molecule has 2 nitrogen and oxygen atoms in total. The van der Waals surface area contributed by atoms with E-state index in [9.17, 15) is 0 Å². The molecule has 1 saturated carbocycles. The lowest BCUT2D eigenvalue weighted by atomic mass is 10.1. The molecule has 0 saturated heterocycles. The molecule has 96 valence electrons. The summed E-state index contributed by atoms with van der Waals surface area (Å²) in [5.41, 5.74) is 3.57. The molecule has 1 aliphatic carbocycles. The van der Waals surface area contributed by atoms with Gasteiger partial charge in [0, 0.05) is 6.21 Å². The molecule has 0 heterocycles. The van der Waals surface area contributed by atoms with E-state index in [0.717, 1.165) is 22.9 Å². The summed E-state index contributed by atoms with van der Waals surface area (Å²) in [7, 11) is 1.68. The van der Waals surface area contributed by atoms with Crippen LogP contribution in [0.4, 0.5) is 5.69 Å². The molecule has 0 bridgehead atoms. The third kappa shape index (κ3) is 2.84. The van der Waals surface area contributed by atoms with Crippen molar-refractivity contribution in [1.82, 2.24) is 0 Å². The van der Waals surface area contributed by atoms with Gasteiger partial charge < -0.3 is 4.74 Å². The molecule has 0 radical (unpaired) electrons. The molecular formula is C17H17NO. The molecule has 2 aromatic carbocycles. The highest BCUT2D eigenvalue weighted by Gasteiger charge is 2.25. The van der Waals surface area contributed by atoms with Gasteiger partial charge in [-0.2, -0.15) is 0 Å². The van der Waals surface area contributed by atoms with Gasteiger partial charge in [0.1, 0.15) is 5.75 Å². The number of ether oxygens (including phenoxy) is 1. The maximum absolute atomic E-state index is 5.15. The second-order valence-electron chi connectivity index (χ2n) is 4.86. The third-order valence-corrected chi connectivity index (χ3v) is 3.42. The first-order valence-corrected chi connectivity index (χ1v) is 6.64. The molecule has 2 aromatic rings. The molecule has 1 fully saturated rings. The first-order valence-electron chi connectivity index (χ1n) is 6.64. The Morgan fingerprint density at radius 2 is 1.79 bits per heavy atom. The van der Waals surface area contributed by atoms with Crippen LogP contribution >= 0.6 is 0 Å². The number of aliphatic imine (C=N–C) groups is 1. The zero-order chi connectivity index (χ0) is 13.1. The first kappa shape index (κ1) is 12.0. The van der Waals surface area contributed by atoms with Gasteiger partial charge in [0.05, 0.1) is 12.8 Å². The van der Waals surface area contributed by atoms with Crippen LogP contribution in [0.1, 0.15) is 29.9 Å². The van der Waals surface area contributed by atoms with Crippen molar-refractivity contribution in [3.05, 3.63) is 59.7 Å². The van der Waals surface area contributed by atoms with E-state index in [4.69, 9.17) is 4.74 Å². The van der Waals surface area contributed by atoms with Gasteiger partial charge in [0.15, 0.2) is 0 Å². The molecule has 3 rings (SSSR count). The van der Waals surface area contributed by atoms with Crippen molar-refractivity contribution in [1.29, 1.82) is 0 Å². The summed E-state index contributed by atoms with van der Waals surface area (Å²) in [4.78, 5) is 4.63. The Morgan fingerprint density at radius 1 is 1.05 bits per heavy atom. The second kappa shape index (κ2) is 5.27.